The summed E-state index contributed by atoms with van der Waals surface area (Å²) in [6.45, 7) is 0. The summed E-state index contributed by atoms with van der Waals surface area (Å²) in [6.07, 6.45) is 2.08. The molecule has 2 rings (SSSR count). The van der Waals surface area contributed by atoms with Crippen molar-refractivity contribution in [3.05, 3.63) is 65.4 Å². The van der Waals surface area contributed by atoms with E-state index in [-0.39, 0.29) is 12.0 Å². The molecule has 1 aromatic heterocycles. The van der Waals surface area contributed by atoms with Gasteiger partial charge in [-0.05, 0) is 23.8 Å². The molecule has 108 valence electrons. The number of furan rings is 1. The van der Waals surface area contributed by atoms with Crippen molar-refractivity contribution in [2.45, 2.75) is 6.42 Å². The molecule has 0 saturated heterocycles. The summed E-state index contributed by atoms with van der Waals surface area (Å²) in [5, 5.41) is 18.3. The molecule has 0 aliphatic carbocycles. The highest BCUT2D eigenvalue weighted by molar-refractivity contribution is 6.38. The van der Waals surface area contributed by atoms with E-state index in [4.69, 9.17) is 9.52 Å². The molecule has 2 aromatic rings. The molecule has 0 aliphatic rings. The van der Waals surface area contributed by atoms with Crippen LogP contribution in [0.3, 0.4) is 0 Å². The Labute approximate surface area is 118 Å². The topological polar surface area (TPSA) is 87.7 Å². The Morgan fingerprint density at radius 2 is 2.00 bits per heavy atom. The molecule has 0 bridgehead atoms. The van der Waals surface area contributed by atoms with E-state index in [1.807, 2.05) is 0 Å². The van der Waals surface area contributed by atoms with Gasteiger partial charge in [-0.15, -0.1) is 0 Å². The first-order valence-corrected chi connectivity index (χ1v) is 5.96. The summed E-state index contributed by atoms with van der Waals surface area (Å²) in [5.74, 6) is -3.53. The van der Waals surface area contributed by atoms with Crippen LogP contribution in [-0.4, -0.2) is 22.0 Å². The Morgan fingerprint density at radius 3 is 2.67 bits per heavy atom. The van der Waals surface area contributed by atoms with Crippen molar-refractivity contribution in [3.8, 4) is 0 Å². The molecule has 0 radical (unpaired) electrons. The van der Waals surface area contributed by atoms with E-state index >= 15 is 0 Å². The van der Waals surface area contributed by atoms with Gasteiger partial charge in [0.05, 0.1) is 11.8 Å². The maximum absolute atomic E-state index is 13.1. The molecule has 0 atom stereocenters. The average Bonchev–Trinajstić information content (AvgIpc) is 2.86. The lowest BCUT2D eigenvalue weighted by Gasteiger charge is -2.02. The van der Waals surface area contributed by atoms with E-state index in [0.29, 0.717) is 17.4 Å². The van der Waals surface area contributed by atoms with E-state index in [1.54, 1.807) is 6.07 Å². The number of benzene rings is 1. The molecular weight excluding hydrogens is 279 g/mol. The second-order valence-corrected chi connectivity index (χ2v) is 4.26. The minimum absolute atomic E-state index is 0.189. The smallest absolute Gasteiger partial charge is 0.376 e. The Kier molecular flexibility index (Phi) is 4.18. The number of ketones is 1. The van der Waals surface area contributed by atoms with Crippen molar-refractivity contribution in [2.75, 3.05) is 0 Å². The van der Waals surface area contributed by atoms with Gasteiger partial charge in [-0.3, -0.25) is 4.79 Å². The van der Waals surface area contributed by atoms with E-state index < -0.39 is 23.3 Å². The highest BCUT2D eigenvalue weighted by Crippen LogP contribution is 2.22. The molecule has 2 N–H and O–H groups in total. The third-order valence-electron chi connectivity index (χ3n) is 2.75. The van der Waals surface area contributed by atoms with Gasteiger partial charge < -0.3 is 14.6 Å². The highest BCUT2D eigenvalue weighted by Gasteiger charge is 2.15. The number of carboxylic acids is 1. The van der Waals surface area contributed by atoms with Crippen LogP contribution in [0.1, 0.15) is 16.9 Å². The first kappa shape index (κ1) is 14.5. The zero-order valence-corrected chi connectivity index (χ0v) is 10.7. The van der Waals surface area contributed by atoms with Gasteiger partial charge in [0.25, 0.3) is 5.78 Å². The van der Waals surface area contributed by atoms with Crippen molar-refractivity contribution < 1.29 is 28.6 Å². The fraction of sp³-hybridized carbons (Fsp3) is 0.0667. The Morgan fingerprint density at radius 1 is 1.24 bits per heavy atom. The second-order valence-electron chi connectivity index (χ2n) is 4.26. The monoisotopic (exact) mass is 290 g/mol. The number of carbonyl (C=O) groups is 2. The summed E-state index contributed by atoms with van der Waals surface area (Å²) < 4.78 is 18.3. The first-order chi connectivity index (χ1) is 9.97. The predicted molar refractivity (Wildman–Crippen MR) is 71.2 cm³/mol. The molecule has 6 heteroatoms. The van der Waals surface area contributed by atoms with Crippen LogP contribution in [-0.2, 0) is 16.0 Å². The SMILES string of the molecule is O=C(O)C(=O)C=C(O)c1ccoc1Cc1cccc(F)c1. The summed E-state index contributed by atoms with van der Waals surface area (Å²) in [5.41, 5.74) is 0.803. The lowest BCUT2D eigenvalue weighted by atomic mass is 10.1. The van der Waals surface area contributed by atoms with E-state index in [0.717, 1.165) is 0 Å². The van der Waals surface area contributed by atoms with E-state index in [1.165, 1.54) is 30.5 Å². The van der Waals surface area contributed by atoms with E-state index in [9.17, 15) is 19.1 Å². The number of aliphatic carboxylic acids is 1. The minimum Gasteiger partial charge on any atom is -0.507 e. The lowest BCUT2D eigenvalue weighted by molar-refractivity contribution is -0.146. The molecule has 5 nitrogen and oxygen atoms in total. The van der Waals surface area contributed by atoms with Crippen LogP contribution in [0, 0.1) is 5.82 Å². The number of rotatable bonds is 5. The van der Waals surface area contributed by atoms with Gasteiger partial charge in [-0.25, -0.2) is 9.18 Å². The number of aliphatic hydroxyl groups is 1. The number of carboxylic acid groups (broad SMARTS) is 1. The number of carbonyl (C=O) groups excluding carboxylic acids is 1. The quantitative estimate of drug-likeness (QED) is 0.502. The third kappa shape index (κ3) is 3.56. The van der Waals surface area contributed by atoms with Crippen LogP contribution in [0.2, 0.25) is 0 Å². The average molecular weight is 290 g/mol. The summed E-state index contributed by atoms with van der Waals surface area (Å²) in [6, 6.07) is 7.23. The van der Waals surface area contributed by atoms with Gasteiger partial charge >= 0.3 is 5.97 Å². The fourth-order valence-electron chi connectivity index (χ4n) is 1.80. The molecule has 0 saturated carbocycles. The molecule has 1 aromatic carbocycles. The van der Waals surface area contributed by atoms with E-state index in [2.05, 4.69) is 0 Å². The van der Waals surface area contributed by atoms with Crippen molar-refractivity contribution in [2.24, 2.45) is 0 Å². The Hall–Kier alpha value is -2.89. The zero-order valence-electron chi connectivity index (χ0n) is 10.7. The van der Waals surface area contributed by atoms with Gasteiger partial charge in [-0.2, -0.15) is 0 Å². The molecule has 0 amide bonds. The van der Waals surface area contributed by atoms with Gasteiger partial charge in [0.2, 0.25) is 0 Å². The van der Waals surface area contributed by atoms with Crippen LogP contribution in [0.25, 0.3) is 5.76 Å². The number of halogens is 1. The molecular formula is C15H11FO5. The van der Waals surface area contributed by atoms with Crippen molar-refractivity contribution in [1.29, 1.82) is 0 Å². The molecule has 1 heterocycles. The Balaban J connectivity index is 2.26. The van der Waals surface area contributed by atoms with Crippen molar-refractivity contribution >= 4 is 17.5 Å². The van der Waals surface area contributed by atoms with Crippen molar-refractivity contribution in [3.63, 3.8) is 0 Å². The van der Waals surface area contributed by atoms with Crippen LogP contribution in [0.5, 0.6) is 0 Å². The van der Waals surface area contributed by atoms with Gasteiger partial charge in [0, 0.05) is 12.5 Å². The highest BCUT2D eigenvalue weighted by atomic mass is 19.1. The van der Waals surface area contributed by atoms with Crippen LogP contribution in [0.4, 0.5) is 4.39 Å². The van der Waals surface area contributed by atoms with Crippen LogP contribution in [0.15, 0.2) is 47.1 Å². The predicted octanol–water partition coefficient (Wildman–Crippen LogP) is 2.56. The van der Waals surface area contributed by atoms with Crippen LogP contribution < -0.4 is 0 Å². The maximum Gasteiger partial charge on any atom is 0.376 e. The summed E-state index contributed by atoms with van der Waals surface area (Å²) >= 11 is 0. The lowest BCUT2D eigenvalue weighted by Crippen LogP contribution is -2.09. The summed E-state index contributed by atoms with van der Waals surface area (Å²) in [4.78, 5) is 21.5. The van der Waals surface area contributed by atoms with Crippen LogP contribution >= 0.6 is 0 Å². The molecule has 0 fully saturated rings. The number of aliphatic hydroxyl groups excluding tert-OH is 1. The van der Waals surface area contributed by atoms with Gasteiger partial charge in [-0.1, -0.05) is 12.1 Å². The van der Waals surface area contributed by atoms with Gasteiger partial charge in [0.1, 0.15) is 17.3 Å². The second kappa shape index (κ2) is 6.04. The molecule has 0 unspecified atom stereocenters. The minimum atomic E-state index is -1.67. The maximum atomic E-state index is 13.1. The van der Waals surface area contributed by atoms with Crippen molar-refractivity contribution in [1.82, 2.24) is 0 Å². The largest absolute Gasteiger partial charge is 0.507 e. The Bertz CT molecular complexity index is 714. The zero-order chi connectivity index (χ0) is 15.4. The molecule has 21 heavy (non-hydrogen) atoms. The molecule has 0 spiro atoms. The first-order valence-electron chi connectivity index (χ1n) is 5.96. The molecule has 0 aliphatic heterocycles. The summed E-state index contributed by atoms with van der Waals surface area (Å²) in [7, 11) is 0. The normalized spacial score (nSPS) is 11.4. The number of hydrogen-bond acceptors (Lipinski definition) is 4. The fourth-order valence-corrected chi connectivity index (χ4v) is 1.80. The standard InChI is InChI=1S/C15H11FO5/c16-10-3-1-2-9(6-10)7-14-11(4-5-21-14)12(17)8-13(18)15(19)20/h1-6,8,17H,7H2,(H,19,20). The number of hydrogen-bond donors (Lipinski definition) is 2. The van der Waals surface area contributed by atoms with Gasteiger partial charge in [0.15, 0.2) is 0 Å². The third-order valence-corrected chi connectivity index (χ3v) is 2.75.